The minimum atomic E-state index is -0.229. The van der Waals surface area contributed by atoms with Crippen molar-refractivity contribution in [3.63, 3.8) is 0 Å². The number of hydrogen-bond donors (Lipinski definition) is 0. The van der Waals surface area contributed by atoms with Gasteiger partial charge in [0.2, 0.25) is 0 Å². The molecule has 0 radical (unpaired) electrons. The molecule has 0 heterocycles. The van der Waals surface area contributed by atoms with E-state index in [0.29, 0.717) is 16.5 Å². The predicted molar refractivity (Wildman–Crippen MR) is 65.1 cm³/mol. The van der Waals surface area contributed by atoms with Crippen LogP contribution in [0.15, 0.2) is 12.1 Å². The van der Waals surface area contributed by atoms with Gasteiger partial charge >= 0.3 is 0 Å². The van der Waals surface area contributed by atoms with Crippen LogP contribution >= 0.6 is 27.5 Å². The quantitative estimate of drug-likeness (QED) is 0.681. The van der Waals surface area contributed by atoms with E-state index >= 15 is 0 Å². The summed E-state index contributed by atoms with van der Waals surface area (Å²) in [6.45, 7) is 3.99. The van der Waals surface area contributed by atoms with E-state index in [1.54, 1.807) is 6.92 Å². The first-order chi connectivity index (χ1) is 7.00. The Morgan fingerprint density at radius 2 is 2.13 bits per heavy atom. The fourth-order valence-electron chi connectivity index (χ4n) is 1.88. The van der Waals surface area contributed by atoms with Crippen molar-refractivity contribution < 1.29 is 4.39 Å². The molecule has 1 aromatic rings. The van der Waals surface area contributed by atoms with E-state index in [1.807, 2.05) is 6.07 Å². The Kier molecular flexibility index (Phi) is 3.09. The van der Waals surface area contributed by atoms with Gasteiger partial charge in [-0.3, -0.25) is 0 Å². The highest BCUT2D eigenvalue weighted by atomic mass is 79.9. The van der Waals surface area contributed by atoms with E-state index in [4.69, 9.17) is 11.6 Å². The first-order valence-corrected chi connectivity index (χ1v) is 6.39. The number of aryl methyl sites for hydroxylation is 1. The summed E-state index contributed by atoms with van der Waals surface area (Å²) in [5.74, 6) is 1.16. The average molecular weight is 292 g/mol. The van der Waals surface area contributed by atoms with Gasteiger partial charge in [-0.15, -0.1) is 0 Å². The van der Waals surface area contributed by atoms with Crippen LogP contribution in [0.2, 0.25) is 5.02 Å². The van der Waals surface area contributed by atoms with Gasteiger partial charge in [0.05, 0.1) is 0 Å². The van der Waals surface area contributed by atoms with Crippen molar-refractivity contribution in [1.29, 1.82) is 0 Å². The highest BCUT2D eigenvalue weighted by Gasteiger charge is 2.39. The molecule has 3 unspecified atom stereocenters. The molecule has 0 saturated heterocycles. The molecule has 3 atom stereocenters. The molecule has 15 heavy (non-hydrogen) atoms. The lowest BCUT2D eigenvalue weighted by atomic mass is 10.0. The molecule has 82 valence electrons. The van der Waals surface area contributed by atoms with Gasteiger partial charge in [0.15, 0.2) is 0 Å². The Balaban J connectivity index is 2.31. The molecule has 1 aromatic carbocycles. The summed E-state index contributed by atoms with van der Waals surface area (Å²) in [5.41, 5.74) is 1.68. The molecule has 2 rings (SSSR count). The fraction of sp³-hybridized carbons (Fsp3) is 0.500. The normalized spacial score (nSPS) is 26.5. The van der Waals surface area contributed by atoms with Gasteiger partial charge < -0.3 is 0 Å². The zero-order valence-electron chi connectivity index (χ0n) is 8.73. The minimum Gasteiger partial charge on any atom is -0.207 e. The van der Waals surface area contributed by atoms with Crippen LogP contribution in [0.3, 0.4) is 0 Å². The number of halogens is 3. The van der Waals surface area contributed by atoms with Crippen LogP contribution in [0.5, 0.6) is 0 Å². The van der Waals surface area contributed by atoms with Gasteiger partial charge in [-0.2, -0.15) is 0 Å². The van der Waals surface area contributed by atoms with Crippen LogP contribution in [0.25, 0.3) is 0 Å². The van der Waals surface area contributed by atoms with Crippen molar-refractivity contribution in [3.8, 4) is 0 Å². The zero-order chi connectivity index (χ0) is 11.2. The standard InChI is InChI=1S/C12H13BrClF/c1-6-3-8(6)12(13)9-4-7(2)11(15)5-10(9)14/h4-6,8,12H,3H2,1-2H3. The third-order valence-corrected chi connectivity index (χ3v) is 4.62. The third kappa shape index (κ3) is 2.21. The SMILES string of the molecule is Cc1cc(C(Br)C2CC2C)c(Cl)cc1F. The van der Waals surface area contributed by atoms with Crippen molar-refractivity contribution in [1.82, 2.24) is 0 Å². The molecule has 0 bridgehead atoms. The topological polar surface area (TPSA) is 0 Å². The van der Waals surface area contributed by atoms with Gasteiger partial charge in [0.1, 0.15) is 5.82 Å². The highest BCUT2D eigenvalue weighted by Crippen LogP contribution is 2.52. The van der Waals surface area contributed by atoms with Crippen LogP contribution in [0.1, 0.15) is 29.3 Å². The van der Waals surface area contributed by atoms with Gasteiger partial charge in [-0.05, 0) is 42.4 Å². The maximum atomic E-state index is 13.2. The molecule has 0 aliphatic heterocycles. The Morgan fingerprint density at radius 3 is 2.67 bits per heavy atom. The third-order valence-electron chi connectivity index (χ3n) is 3.12. The molecule has 1 aliphatic rings. The molecular weight excluding hydrogens is 278 g/mol. The molecule has 0 nitrogen and oxygen atoms in total. The molecule has 1 saturated carbocycles. The molecule has 3 heteroatoms. The van der Waals surface area contributed by atoms with Crippen molar-refractivity contribution in [2.24, 2.45) is 11.8 Å². The van der Waals surface area contributed by atoms with E-state index in [-0.39, 0.29) is 10.6 Å². The van der Waals surface area contributed by atoms with E-state index in [2.05, 4.69) is 22.9 Å². The molecule has 0 aromatic heterocycles. The second-order valence-electron chi connectivity index (χ2n) is 4.40. The Bertz CT molecular complexity index is 391. The lowest BCUT2D eigenvalue weighted by Gasteiger charge is -2.12. The lowest BCUT2D eigenvalue weighted by molar-refractivity contribution is 0.616. The molecule has 0 amide bonds. The Morgan fingerprint density at radius 1 is 1.53 bits per heavy atom. The van der Waals surface area contributed by atoms with E-state index in [0.717, 1.165) is 11.5 Å². The smallest absolute Gasteiger partial charge is 0.127 e. The minimum absolute atomic E-state index is 0.229. The van der Waals surface area contributed by atoms with Crippen molar-refractivity contribution >= 4 is 27.5 Å². The predicted octanol–water partition coefficient (Wildman–Crippen LogP) is 4.88. The summed E-state index contributed by atoms with van der Waals surface area (Å²) in [4.78, 5) is 0.263. The molecule has 0 spiro atoms. The Hall–Kier alpha value is -0.0800. The highest BCUT2D eigenvalue weighted by molar-refractivity contribution is 9.09. The van der Waals surface area contributed by atoms with Crippen molar-refractivity contribution in [2.45, 2.75) is 25.1 Å². The average Bonchev–Trinajstić information content (AvgIpc) is 2.88. The largest absolute Gasteiger partial charge is 0.207 e. The van der Waals surface area contributed by atoms with E-state index in [1.165, 1.54) is 12.5 Å². The summed E-state index contributed by atoms with van der Waals surface area (Å²) in [6.07, 6.45) is 1.22. The number of benzene rings is 1. The van der Waals surface area contributed by atoms with Gasteiger partial charge in [0.25, 0.3) is 0 Å². The van der Waals surface area contributed by atoms with E-state index in [9.17, 15) is 4.39 Å². The summed E-state index contributed by atoms with van der Waals surface area (Å²) < 4.78 is 13.2. The van der Waals surface area contributed by atoms with Crippen LogP contribution < -0.4 is 0 Å². The summed E-state index contributed by atoms with van der Waals surface area (Å²) in [5, 5.41) is 0.527. The first-order valence-electron chi connectivity index (χ1n) is 5.10. The fourth-order valence-corrected chi connectivity index (χ4v) is 3.40. The molecule has 1 fully saturated rings. The zero-order valence-corrected chi connectivity index (χ0v) is 11.1. The first kappa shape index (κ1) is 11.4. The van der Waals surface area contributed by atoms with Crippen LogP contribution in [0.4, 0.5) is 4.39 Å². The lowest BCUT2D eigenvalue weighted by Crippen LogP contribution is -1.97. The molecular formula is C12H13BrClF. The van der Waals surface area contributed by atoms with Gasteiger partial charge in [-0.25, -0.2) is 4.39 Å². The second-order valence-corrected chi connectivity index (χ2v) is 5.80. The maximum Gasteiger partial charge on any atom is 0.127 e. The molecule has 0 N–H and O–H groups in total. The Labute approximate surface area is 103 Å². The summed E-state index contributed by atoms with van der Waals surface area (Å²) >= 11 is 9.70. The second kappa shape index (κ2) is 4.06. The summed E-state index contributed by atoms with van der Waals surface area (Å²) in [6, 6.07) is 3.26. The summed E-state index contributed by atoms with van der Waals surface area (Å²) in [7, 11) is 0. The van der Waals surface area contributed by atoms with Crippen molar-refractivity contribution in [3.05, 3.63) is 34.1 Å². The van der Waals surface area contributed by atoms with Crippen molar-refractivity contribution in [2.75, 3.05) is 0 Å². The van der Waals surface area contributed by atoms with Gasteiger partial charge in [-0.1, -0.05) is 40.5 Å². The monoisotopic (exact) mass is 290 g/mol. The van der Waals surface area contributed by atoms with Crippen LogP contribution in [0, 0.1) is 24.6 Å². The number of alkyl halides is 1. The van der Waals surface area contributed by atoms with Gasteiger partial charge in [0, 0.05) is 9.85 Å². The number of hydrogen-bond acceptors (Lipinski definition) is 0. The number of rotatable bonds is 2. The van der Waals surface area contributed by atoms with Crippen LogP contribution in [-0.2, 0) is 0 Å². The van der Waals surface area contributed by atoms with E-state index < -0.39 is 0 Å². The maximum absolute atomic E-state index is 13.2. The molecule has 1 aliphatic carbocycles. The van der Waals surface area contributed by atoms with Crippen LogP contribution in [-0.4, -0.2) is 0 Å².